The highest BCUT2D eigenvalue weighted by Gasteiger charge is 2.58. The number of rotatable bonds is 6. The third-order valence-electron chi connectivity index (χ3n) is 7.26. The monoisotopic (exact) mass is 426 g/mol. The van der Waals surface area contributed by atoms with Crippen molar-refractivity contribution >= 4 is 17.5 Å². The van der Waals surface area contributed by atoms with Gasteiger partial charge in [0.1, 0.15) is 0 Å². The first-order valence-corrected chi connectivity index (χ1v) is 11.6. The molecule has 6 heteroatoms. The summed E-state index contributed by atoms with van der Waals surface area (Å²) in [7, 11) is 0. The molecule has 2 atom stereocenters. The van der Waals surface area contributed by atoms with Gasteiger partial charge in [0.15, 0.2) is 0 Å². The van der Waals surface area contributed by atoms with Crippen LogP contribution in [0.3, 0.4) is 0 Å². The van der Waals surface area contributed by atoms with Crippen molar-refractivity contribution in [3.63, 3.8) is 0 Å². The van der Waals surface area contributed by atoms with E-state index in [1.54, 1.807) is 0 Å². The lowest BCUT2D eigenvalue weighted by molar-refractivity contribution is -0.136. The summed E-state index contributed by atoms with van der Waals surface area (Å²) in [6.07, 6.45) is 7.56. The Hall–Kier alpha value is -1.85. The van der Waals surface area contributed by atoms with E-state index in [0.29, 0.717) is 11.9 Å². The normalized spacial score (nSPS) is 27.1. The number of likely N-dealkylation sites (tertiary alicyclic amines) is 2. The Morgan fingerprint density at radius 2 is 2.07 bits per heavy atom. The standard InChI is InChI=1S/C24H31ClN4O/c1-17(2)29-14-22(26-16-29)20-13-27(12-19-5-3-4-6-21(19)25)15-24(20)9-10-28(23(24)30)11-18-7-8-18/h3-6,14,16-18,20H,7-13,15H2,1-2H3/t20-,24+/m1/s1. The van der Waals surface area contributed by atoms with E-state index < -0.39 is 0 Å². The van der Waals surface area contributed by atoms with Gasteiger partial charge < -0.3 is 9.47 Å². The van der Waals surface area contributed by atoms with Gasteiger partial charge in [0.2, 0.25) is 5.91 Å². The number of nitrogens with zero attached hydrogens (tertiary/aromatic N) is 4. The first-order valence-electron chi connectivity index (χ1n) is 11.2. The first kappa shape index (κ1) is 20.1. The predicted molar refractivity (Wildman–Crippen MR) is 118 cm³/mol. The van der Waals surface area contributed by atoms with Crippen LogP contribution in [0.2, 0.25) is 5.02 Å². The van der Waals surface area contributed by atoms with Crippen molar-refractivity contribution < 1.29 is 4.79 Å². The summed E-state index contributed by atoms with van der Waals surface area (Å²) in [4.78, 5) is 23.0. The van der Waals surface area contributed by atoms with Crippen LogP contribution in [0.4, 0.5) is 0 Å². The van der Waals surface area contributed by atoms with E-state index in [-0.39, 0.29) is 11.3 Å². The molecule has 1 saturated carbocycles. The smallest absolute Gasteiger partial charge is 0.230 e. The molecule has 1 amide bonds. The molecule has 3 heterocycles. The molecular weight excluding hydrogens is 396 g/mol. The average Bonchev–Trinajstić information content (AvgIpc) is 3.15. The molecule has 1 spiro atoms. The Morgan fingerprint density at radius 1 is 1.27 bits per heavy atom. The molecule has 5 rings (SSSR count). The Balaban J connectivity index is 1.44. The molecule has 0 bridgehead atoms. The van der Waals surface area contributed by atoms with Crippen LogP contribution in [0.1, 0.15) is 56.3 Å². The summed E-state index contributed by atoms with van der Waals surface area (Å²) < 4.78 is 2.15. The first-order chi connectivity index (χ1) is 14.5. The predicted octanol–water partition coefficient (Wildman–Crippen LogP) is 4.35. The van der Waals surface area contributed by atoms with Crippen LogP contribution in [0.25, 0.3) is 0 Å². The quantitative estimate of drug-likeness (QED) is 0.689. The van der Waals surface area contributed by atoms with Gasteiger partial charge in [0.25, 0.3) is 0 Å². The number of carbonyl (C=O) groups is 1. The highest BCUT2D eigenvalue weighted by Crippen LogP contribution is 2.50. The maximum atomic E-state index is 13.7. The van der Waals surface area contributed by atoms with Crippen LogP contribution in [0.5, 0.6) is 0 Å². The third kappa shape index (κ3) is 3.56. The van der Waals surface area contributed by atoms with Crippen LogP contribution in [0, 0.1) is 11.3 Å². The van der Waals surface area contributed by atoms with Gasteiger partial charge in [-0.25, -0.2) is 4.98 Å². The van der Waals surface area contributed by atoms with Gasteiger partial charge in [-0.3, -0.25) is 9.69 Å². The Bertz CT molecular complexity index is 937. The average molecular weight is 427 g/mol. The van der Waals surface area contributed by atoms with Crippen LogP contribution in [0.15, 0.2) is 36.8 Å². The second kappa shape index (κ2) is 7.69. The molecular formula is C24H31ClN4O. The molecule has 2 aliphatic heterocycles. The van der Waals surface area contributed by atoms with Crippen molar-refractivity contribution in [1.29, 1.82) is 0 Å². The minimum absolute atomic E-state index is 0.136. The fourth-order valence-electron chi connectivity index (χ4n) is 5.30. The van der Waals surface area contributed by atoms with Gasteiger partial charge in [-0.05, 0) is 50.7 Å². The molecule has 0 N–H and O–H groups in total. The number of benzene rings is 1. The van der Waals surface area contributed by atoms with Gasteiger partial charge >= 0.3 is 0 Å². The van der Waals surface area contributed by atoms with Gasteiger partial charge in [0.05, 0.1) is 17.4 Å². The van der Waals surface area contributed by atoms with Gasteiger partial charge in [-0.2, -0.15) is 0 Å². The Morgan fingerprint density at radius 3 is 2.77 bits per heavy atom. The van der Waals surface area contributed by atoms with Crippen molar-refractivity contribution in [2.45, 2.75) is 51.6 Å². The van der Waals surface area contributed by atoms with Crippen molar-refractivity contribution in [2.75, 3.05) is 26.2 Å². The van der Waals surface area contributed by atoms with E-state index in [1.165, 1.54) is 12.8 Å². The minimum atomic E-state index is -0.355. The molecule has 30 heavy (non-hydrogen) atoms. The van der Waals surface area contributed by atoms with Crippen molar-refractivity contribution in [2.24, 2.45) is 11.3 Å². The summed E-state index contributed by atoms with van der Waals surface area (Å²) in [5.74, 6) is 1.21. The van der Waals surface area contributed by atoms with Gasteiger partial charge in [-0.1, -0.05) is 29.8 Å². The van der Waals surface area contributed by atoms with Crippen molar-refractivity contribution in [3.05, 3.63) is 53.1 Å². The fourth-order valence-corrected chi connectivity index (χ4v) is 5.50. The molecule has 1 aliphatic carbocycles. The zero-order chi connectivity index (χ0) is 20.9. The molecule has 1 aromatic carbocycles. The van der Waals surface area contributed by atoms with Gasteiger partial charge in [-0.15, -0.1) is 0 Å². The third-order valence-corrected chi connectivity index (χ3v) is 7.63. The number of halogens is 1. The molecule has 3 fully saturated rings. The van der Waals surface area contributed by atoms with Crippen LogP contribution >= 0.6 is 11.6 Å². The summed E-state index contributed by atoms with van der Waals surface area (Å²) in [5, 5.41) is 0.798. The second-order valence-corrected chi connectivity index (χ2v) is 10.2. The maximum Gasteiger partial charge on any atom is 0.230 e. The SMILES string of the molecule is CC(C)n1cnc([C@H]2CN(Cc3ccccc3Cl)C[C@@]23CCN(CC2CC2)C3=O)c1. The number of amides is 1. The van der Waals surface area contributed by atoms with E-state index in [0.717, 1.165) is 61.3 Å². The number of hydrogen-bond donors (Lipinski definition) is 0. The lowest BCUT2D eigenvalue weighted by Crippen LogP contribution is -2.40. The summed E-state index contributed by atoms with van der Waals surface area (Å²) in [6.45, 7) is 8.57. The molecule has 1 aromatic heterocycles. The maximum absolute atomic E-state index is 13.7. The lowest BCUT2D eigenvalue weighted by atomic mass is 9.75. The summed E-state index contributed by atoms with van der Waals surface area (Å²) in [5.41, 5.74) is 1.83. The minimum Gasteiger partial charge on any atom is -0.342 e. The zero-order valence-electron chi connectivity index (χ0n) is 17.9. The number of aromatic nitrogens is 2. The Kier molecular flexibility index (Phi) is 5.14. The number of hydrogen-bond acceptors (Lipinski definition) is 3. The molecule has 2 saturated heterocycles. The van der Waals surface area contributed by atoms with Crippen LogP contribution < -0.4 is 0 Å². The number of imidazole rings is 1. The molecule has 160 valence electrons. The number of carbonyl (C=O) groups excluding carboxylic acids is 1. The molecule has 2 aromatic rings. The van der Waals surface area contributed by atoms with Crippen LogP contribution in [-0.4, -0.2) is 51.4 Å². The fraction of sp³-hybridized carbons (Fsp3) is 0.583. The van der Waals surface area contributed by atoms with E-state index in [1.807, 2.05) is 24.5 Å². The van der Waals surface area contributed by atoms with Crippen molar-refractivity contribution in [3.8, 4) is 0 Å². The summed E-state index contributed by atoms with van der Waals surface area (Å²) in [6, 6.07) is 8.41. The molecule has 0 unspecified atom stereocenters. The topological polar surface area (TPSA) is 41.4 Å². The highest BCUT2D eigenvalue weighted by atomic mass is 35.5. The second-order valence-electron chi connectivity index (χ2n) is 9.75. The lowest BCUT2D eigenvalue weighted by Gasteiger charge is -2.28. The molecule has 0 radical (unpaired) electrons. The van der Waals surface area contributed by atoms with E-state index in [4.69, 9.17) is 16.6 Å². The van der Waals surface area contributed by atoms with Crippen LogP contribution in [-0.2, 0) is 11.3 Å². The largest absolute Gasteiger partial charge is 0.342 e. The molecule has 3 aliphatic rings. The van der Waals surface area contributed by atoms with E-state index in [2.05, 4.69) is 40.5 Å². The zero-order valence-corrected chi connectivity index (χ0v) is 18.7. The Labute approximate surface area is 184 Å². The highest BCUT2D eigenvalue weighted by molar-refractivity contribution is 6.31. The molecule has 5 nitrogen and oxygen atoms in total. The van der Waals surface area contributed by atoms with Gasteiger partial charge in [0, 0.05) is 55.9 Å². The summed E-state index contributed by atoms with van der Waals surface area (Å²) >= 11 is 6.44. The van der Waals surface area contributed by atoms with E-state index in [9.17, 15) is 4.79 Å². The van der Waals surface area contributed by atoms with Crippen molar-refractivity contribution in [1.82, 2.24) is 19.4 Å². The van der Waals surface area contributed by atoms with E-state index >= 15 is 0 Å².